The van der Waals surface area contributed by atoms with Gasteiger partial charge in [-0.1, -0.05) is 30.3 Å². The number of rotatable bonds is 7. The number of nitrogens with one attached hydrogen (secondary N) is 1. The molecule has 2 N–H and O–H groups in total. The molecule has 1 amide bonds. The van der Waals surface area contributed by atoms with Gasteiger partial charge in [-0.3, -0.25) is 9.69 Å². The number of hydrogen-bond donors (Lipinski definition) is 2. The molecule has 0 bridgehead atoms. The smallest absolute Gasteiger partial charge is 0.374 e. The molecule has 1 aliphatic heterocycles. The van der Waals surface area contributed by atoms with Crippen molar-refractivity contribution in [1.29, 1.82) is 0 Å². The summed E-state index contributed by atoms with van der Waals surface area (Å²) in [7, 11) is 1.33. The summed E-state index contributed by atoms with van der Waals surface area (Å²) >= 11 is 0. The minimum atomic E-state index is -5.07. The van der Waals surface area contributed by atoms with Crippen molar-refractivity contribution >= 4 is 17.3 Å². The Kier molecular flexibility index (Phi) is 7.13. The number of carbonyl (C=O) groups excluding carboxylic acids is 1. The zero-order valence-electron chi connectivity index (χ0n) is 19.4. The molecule has 35 heavy (non-hydrogen) atoms. The van der Waals surface area contributed by atoms with E-state index in [1.54, 1.807) is 12.1 Å². The van der Waals surface area contributed by atoms with Gasteiger partial charge in [0.05, 0.1) is 6.42 Å². The number of imidazole rings is 1. The highest BCUT2D eigenvalue weighted by molar-refractivity contribution is 5.91. The van der Waals surface area contributed by atoms with Crippen LogP contribution in [-0.2, 0) is 24.0 Å². The van der Waals surface area contributed by atoms with Crippen molar-refractivity contribution in [2.75, 3.05) is 36.4 Å². The Labute approximate surface area is 201 Å². The Hall–Kier alpha value is -3.37. The van der Waals surface area contributed by atoms with E-state index >= 15 is 0 Å². The van der Waals surface area contributed by atoms with E-state index in [2.05, 4.69) is 32.2 Å². The summed E-state index contributed by atoms with van der Waals surface area (Å²) in [6, 6.07) is 17.3. The van der Waals surface area contributed by atoms with E-state index in [0.29, 0.717) is 5.69 Å². The van der Waals surface area contributed by atoms with Crippen LogP contribution in [0.5, 0.6) is 0 Å². The molecule has 186 valence electrons. The molecule has 1 atom stereocenters. The van der Waals surface area contributed by atoms with Gasteiger partial charge in [0.25, 0.3) is 0 Å². The van der Waals surface area contributed by atoms with Crippen molar-refractivity contribution in [3.8, 4) is 0 Å². The molecule has 1 fully saturated rings. The van der Waals surface area contributed by atoms with Crippen molar-refractivity contribution in [2.24, 2.45) is 7.05 Å². The summed E-state index contributed by atoms with van der Waals surface area (Å²) in [6.45, 7) is 4.43. The summed E-state index contributed by atoms with van der Waals surface area (Å²) in [6.07, 6.45) is -3.85. The van der Waals surface area contributed by atoms with Gasteiger partial charge in [-0.2, -0.15) is 13.2 Å². The molecular weight excluding hydrogens is 459 g/mol. The van der Waals surface area contributed by atoms with Crippen LogP contribution in [0.4, 0.5) is 24.5 Å². The number of alkyl halides is 3. The van der Waals surface area contributed by atoms with Crippen molar-refractivity contribution in [1.82, 2.24) is 14.5 Å². The normalized spacial score (nSPS) is 16.7. The molecular formula is C25H28F3N5O2. The molecule has 10 heteroatoms. The Balaban J connectivity index is 1.33. The fourth-order valence-electron chi connectivity index (χ4n) is 4.27. The highest BCUT2D eigenvalue weighted by atomic mass is 19.4. The van der Waals surface area contributed by atoms with Crippen molar-refractivity contribution in [2.45, 2.75) is 24.7 Å². The molecule has 4 rings (SSSR count). The number of anilines is 2. The lowest BCUT2D eigenvalue weighted by atomic mass is 9.97. The van der Waals surface area contributed by atoms with Crippen LogP contribution < -0.4 is 10.2 Å². The zero-order chi connectivity index (χ0) is 25.1. The molecule has 0 spiro atoms. The van der Waals surface area contributed by atoms with Crippen molar-refractivity contribution in [3.63, 3.8) is 0 Å². The van der Waals surface area contributed by atoms with E-state index < -0.39 is 29.9 Å². The van der Waals surface area contributed by atoms with Crippen LogP contribution in [0.3, 0.4) is 0 Å². The van der Waals surface area contributed by atoms with Gasteiger partial charge in [-0.15, -0.1) is 0 Å². The molecule has 2 aromatic carbocycles. The van der Waals surface area contributed by atoms with E-state index in [0.717, 1.165) is 49.2 Å². The Morgan fingerprint density at radius 3 is 2.26 bits per heavy atom. The number of aromatic nitrogens is 2. The van der Waals surface area contributed by atoms with Gasteiger partial charge in [-0.25, -0.2) is 4.98 Å². The van der Waals surface area contributed by atoms with Crippen LogP contribution in [-0.4, -0.2) is 57.8 Å². The second-order valence-electron chi connectivity index (χ2n) is 8.74. The first-order valence-electron chi connectivity index (χ1n) is 11.3. The van der Waals surface area contributed by atoms with Crippen LogP contribution >= 0.6 is 0 Å². The summed E-state index contributed by atoms with van der Waals surface area (Å²) in [5.74, 6) is -1.60. The molecule has 0 saturated carbocycles. The average Bonchev–Trinajstić information content (AvgIpc) is 3.26. The third kappa shape index (κ3) is 5.66. The number of nitrogens with zero attached hydrogens (tertiary/aromatic N) is 4. The van der Waals surface area contributed by atoms with Crippen LogP contribution in [0.1, 0.15) is 17.8 Å². The number of piperazine rings is 1. The first-order chi connectivity index (χ1) is 16.7. The SMILES string of the molecule is Cn1ccnc1C(O)(CC(=O)Nc1ccc(N2CCN(Cc3ccccc3)CC2)cc1)C(F)(F)F. The maximum Gasteiger partial charge on any atom is 0.425 e. The number of amides is 1. The lowest BCUT2D eigenvalue weighted by Crippen LogP contribution is -2.46. The minimum Gasteiger partial charge on any atom is -0.374 e. The number of halogens is 3. The quantitative estimate of drug-likeness (QED) is 0.534. The van der Waals surface area contributed by atoms with E-state index in [1.165, 1.54) is 18.8 Å². The Bertz CT molecular complexity index is 1130. The van der Waals surface area contributed by atoms with Crippen LogP contribution in [0.2, 0.25) is 0 Å². The van der Waals surface area contributed by atoms with Gasteiger partial charge >= 0.3 is 6.18 Å². The molecule has 3 aromatic rings. The monoisotopic (exact) mass is 487 g/mol. The fourth-order valence-corrected chi connectivity index (χ4v) is 4.27. The van der Waals surface area contributed by atoms with Gasteiger partial charge in [0.1, 0.15) is 0 Å². The van der Waals surface area contributed by atoms with E-state index in [4.69, 9.17) is 0 Å². The van der Waals surface area contributed by atoms with Crippen LogP contribution in [0.25, 0.3) is 0 Å². The molecule has 1 unspecified atom stereocenters. The molecule has 1 saturated heterocycles. The Morgan fingerprint density at radius 1 is 1.03 bits per heavy atom. The molecule has 2 heterocycles. The number of carbonyl (C=O) groups is 1. The number of aryl methyl sites for hydroxylation is 1. The topological polar surface area (TPSA) is 73.6 Å². The zero-order valence-corrected chi connectivity index (χ0v) is 19.4. The first-order valence-corrected chi connectivity index (χ1v) is 11.3. The molecule has 1 aliphatic rings. The standard InChI is InChI=1S/C25H28F3N5O2/c1-31-12-11-29-23(31)24(35,25(26,27)28)17-22(34)30-20-7-9-21(10-8-20)33-15-13-32(14-16-33)18-19-5-3-2-4-6-19/h2-12,35H,13-18H2,1H3,(H,30,34). The summed E-state index contributed by atoms with van der Waals surface area (Å²) in [5, 5.41) is 12.8. The second-order valence-corrected chi connectivity index (χ2v) is 8.74. The Morgan fingerprint density at radius 2 is 1.69 bits per heavy atom. The molecule has 0 aliphatic carbocycles. The van der Waals surface area contributed by atoms with Gasteiger partial charge in [0.2, 0.25) is 11.5 Å². The van der Waals surface area contributed by atoms with Crippen LogP contribution in [0, 0.1) is 0 Å². The first kappa shape index (κ1) is 24.7. The highest BCUT2D eigenvalue weighted by Crippen LogP contribution is 2.41. The predicted octanol–water partition coefficient (Wildman–Crippen LogP) is 3.52. The predicted molar refractivity (Wildman–Crippen MR) is 127 cm³/mol. The van der Waals surface area contributed by atoms with Crippen LogP contribution in [0.15, 0.2) is 67.0 Å². The summed E-state index contributed by atoms with van der Waals surface area (Å²) in [4.78, 5) is 20.7. The minimum absolute atomic E-state index is 0.353. The number of benzene rings is 2. The van der Waals surface area contributed by atoms with Gasteiger partial charge in [0, 0.05) is 63.5 Å². The second kappa shape index (κ2) is 10.1. The lowest BCUT2D eigenvalue weighted by Gasteiger charge is -2.36. The number of aliphatic hydroxyl groups is 1. The molecule has 0 radical (unpaired) electrons. The molecule has 1 aromatic heterocycles. The van der Waals surface area contributed by atoms with Crippen molar-refractivity contribution in [3.05, 3.63) is 78.4 Å². The summed E-state index contributed by atoms with van der Waals surface area (Å²) < 4.78 is 42.0. The molecule has 7 nitrogen and oxygen atoms in total. The third-order valence-corrected chi connectivity index (χ3v) is 6.21. The average molecular weight is 488 g/mol. The fraction of sp³-hybridized carbons (Fsp3) is 0.360. The van der Waals surface area contributed by atoms with E-state index in [-0.39, 0.29) is 0 Å². The maximum atomic E-state index is 13.7. The summed E-state index contributed by atoms with van der Waals surface area (Å²) in [5.41, 5.74) is -0.788. The highest BCUT2D eigenvalue weighted by Gasteiger charge is 2.58. The van der Waals surface area contributed by atoms with Gasteiger partial charge in [0.15, 0.2) is 5.82 Å². The van der Waals surface area contributed by atoms with Gasteiger partial charge in [-0.05, 0) is 29.8 Å². The van der Waals surface area contributed by atoms with Crippen molar-refractivity contribution < 1.29 is 23.1 Å². The van der Waals surface area contributed by atoms with E-state index in [1.807, 2.05) is 30.3 Å². The third-order valence-electron chi connectivity index (χ3n) is 6.21. The number of hydrogen-bond acceptors (Lipinski definition) is 5. The largest absolute Gasteiger partial charge is 0.425 e. The van der Waals surface area contributed by atoms with E-state index in [9.17, 15) is 23.1 Å². The maximum absolute atomic E-state index is 13.7. The van der Waals surface area contributed by atoms with Gasteiger partial charge < -0.3 is 19.9 Å². The lowest BCUT2D eigenvalue weighted by molar-refractivity contribution is -0.270.